The first-order chi connectivity index (χ1) is 17.3. The van der Waals surface area contributed by atoms with Gasteiger partial charge in [-0.2, -0.15) is 0 Å². The highest BCUT2D eigenvalue weighted by atomic mass is 35.5. The second-order valence-corrected chi connectivity index (χ2v) is 11.7. The number of carbonyl (C=O) groups excluding carboxylic acids is 1. The molecule has 1 fully saturated rings. The summed E-state index contributed by atoms with van der Waals surface area (Å²) in [6.07, 6.45) is -0.255. The number of hydrogen-bond acceptors (Lipinski definition) is 6. The van der Waals surface area contributed by atoms with E-state index in [4.69, 9.17) is 38.8 Å². The highest BCUT2D eigenvalue weighted by Crippen LogP contribution is 2.51. The largest absolute Gasteiger partial charge is 0.496 e. The minimum absolute atomic E-state index is 0.134. The third kappa shape index (κ3) is 6.56. The molecule has 1 aliphatic heterocycles. The van der Waals surface area contributed by atoms with Gasteiger partial charge < -0.3 is 31.3 Å². The molecule has 0 unspecified atom stereocenters. The van der Waals surface area contributed by atoms with E-state index in [0.29, 0.717) is 22.8 Å². The molecule has 204 valence electrons. The van der Waals surface area contributed by atoms with Crippen LogP contribution in [-0.2, 0) is 10.3 Å². The van der Waals surface area contributed by atoms with E-state index in [1.807, 2.05) is 20.8 Å². The molecule has 7 nitrogen and oxygen atoms in total. The highest BCUT2D eigenvalue weighted by molar-refractivity contribution is 6.31. The number of nitrogens with two attached hydrogens (primary N) is 1. The van der Waals surface area contributed by atoms with E-state index in [-0.39, 0.29) is 34.9 Å². The molecule has 0 bridgehead atoms. The zero-order valence-corrected chi connectivity index (χ0v) is 23.0. The number of carbonyl (C=O) groups is 1. The van der Waals surface area contributed by atoms with Crippen LogP contribution < -0.4 is 21.1 Å². The van der Waals surface area contributed by atoms with Gasteiger partial charge >= 0.3 is 0 Å². The number of nitrogens with one attached hydrogen (secondary N) is 2. The molecule has 6 N–H and O–H groups in total. The summed E-state index contributed by atoms with van der Waals surface area (Å²) in [6.45, 7) is 5.87. The fourth-order valence-corrected chi connectivity index (χ4v) is 5.49. The lowest BCUT2D eigenvalue weighted by Crippen LogP contribution is -2.52. The lowest BCUT2D eigenvalue weighted by Gasteiger charge is -2.40. The van der Waals surface area contributed by atoms with Gasteiger partial charge in [0.15, 0.2) is 0 Å². The van der Waals surface area contributed by atoms with E-state index in [9.17, 15) is 9.90 Å². The van der Waals surface area contributed by atoms with Crippen LogP contribution in [0.15, 0.2) is 36.4 Å². The number of ether oxygens (including phenoxy) is 1. The van der Waals surface area contributed by atoms with Gasteiger partial charge in [-0.15, -0.1) is 0 Å². The molecule has 37 heavy (non-hydrogen) atoms. The number of aliphatic hydroxyl groups is 2. The SMILES string of the molecule is COc1ccc(Cl)cc1[C@H]1[C@H](C(=O)NCC[C@H](O)CO)N[C@@H](CC(C)(C)C)[C@]1(N)c1ccc(Cl)cc1F. The van der Waals surface area contributed by atoms with Crippen molar-refractivity contribution < 1.29 is 24.1 Å². The summed E-state index contributed by atoms with van der Waals surface area (Å²) >= 11 is 12.5. The van der Waals surface area contributed by atoms with Gasteiger partial charge in [0.25, 0.3) is 0 Å². The maximum atomic E-state index is 15.6. The third-order valence-electron chi connectivity index (χ3n) is 6.82. The molecular weight excluding hydrogens is 520 g/mol. The molecule has 0 radical (unpaired) electrons. The van der Waals surface area contributed by atoms with Crippen molar-refractivity contribution in [3.63, 3.8) is 0 Å². The Bertz CT molecular complexity index is 1110. The average molecular weight is 557 g/mol. The Hall–Kier alpha value is -1.94. The molecule has 0 aromatic heterocycles. The summed E-state index contributed by atoms with van der Waals surface area (Å²) in [6, 6.07) is 8.02. The van der Waals surface area contributed by atoms with Crippen molar-refractivity contribution in [3.8, 4) is 5.75 Å². The van der Waals surface area contributed by atoms with Gasteiger partial charge in [-0.05, 0) is 48.6 Å². The number of halogens is 3. The molecule has 10 heteroatoms. The molecule has 3 rings (SSSR count). The van der Waals surface area contributed by atoms with Crippen LogP contribution in [0, 0.1) is 11.2 Å². The van der Waals surface area contributed by atoms with Crippen LogP contribution in [0.1, 0.15) is 50.7 Å². The molecule has 5 atom stereocenters. The van der Waals surface area contributed by atoms with E-state index in [1.165, 1.54) is 13.2 Å². The molecule has 1 heterocycles. The Labute approximate surface area is 227 Å². The number of rotatable bonds is 9. The Morgan fingerprint density at radius 3 is 2.49 bits per heavy atom. The predicted octanol–water partition coefficient (Wildman–Crippen LogP) is 3.72. The lowest BCUT2D eigenvalue weighted by atomic mass is 9.68. The Balaban J connectivity index is 2.20. The summed E-state index contributed by atoms with van der Waals surface area (Å²) < 4.78 is 21.2. The number of aliphatic hydroxyl groups excluding tert-OH is 2. The standard InChI is InChI=1S/C27H36Cl2FN3O4/c1-26(2,3)13-22-27(31,19-7-5-16(29)12-20(19)30)23(18-11-15(28)6-8-21(18)37-4)24(33-22)25(36)32-10-9-17(35)14-34/h5-8,11-12,17,22-24,33-35H,9-10,13-14,31H2,1-4H3,(H,32,36)/t17-,22-,23-,24+,27+/m0/s1. The fourth-order valence-electron chi connectivity index (χ4n) is 5.15. The van der Waals surface area contributed by atoms with Crippen LogP contribution in [0.4, 0.5) is 4.39 Å². The molecular formula is C27H36Cl2FN3O4. The number of benzene rings is 2. The summed E-state index contributed by atoms with van der Waals surface area (Å²) in [7, 11) is 1.51. The Kier molecular flexibility index (Phi) is 9.48. The molecule has 1 aliphatic rings. The first kappa shape index (κ1) is 29.6. The van der Waals surface area contributed by atoms with Crippen LogP contribution in [0.25, 0.3) is 0 Å². The van der Waals surface area contributed by atoms with Crippen LogP contribution in [0.3, 0.4) is 0 Å². The van der Waals surface area contributed by atoms with E-state index >= 15 is 4.39 Å². The van der Waals surface area contributed by atoms with E-state index in [1.54, 1.807) is 30.3 Å². The van der Waals surface area contributed by atoms with Crippen molar-refractivity contribution in [2.45, 2.75) is 63.3 Å². The minimum Gasteiger partial charge on any atom is -0.496 e. The maximum Gasteiger partial charge on any atom is 0.237 e. The van der Waals surface area contributed by atoms with E-state index < -0.39 is 42.1 Å². The first-order valence-corrected chi connectivity index (χ1v) is 13.0. The fraction of sp³-hybridized carbons (Fsp3) is 0.519. The minimum atomic E-state index is -1.40. The van der Waals surface area contributed by atoms with Crippen molar-refractivity contribution in [1.82, 2.24) is 10.6 Å². The van der Waals surface area contributed by atoms with Gasteiger partial charge in [-0.3, -0.25) is 4.79 Å². The smallest absolute Gasteiger partial charge is 0.237 e. The third-order valence-corrected chi connectivity index (χ3v) is 7.29. The average Bonchev–Trinajstić information content (AvgIpc) is 3.09. The summed E-state index contributed by atoms with van der Waals surface area (Å²) in [5.74, 6) is -1.27. The summed E-state index contributed by atoms with van der Waals surface area (Å²) in [4.78, 5) is 13.6. The zero-order chi connectivity index (χ0) is 27.5. The molecule has 1 amide bonds. The van der Waals surface area contributed by atoms with Crippen LogP contribution in [0.2, 0.25) is 10.0 Å². The number of methoxy groups -OCH3 is 1. The molecule has 2 aromatic carbocycles. The molecule has 1 saturated heterocycles. The van der Waals surface area contributed by atoms with Crippen molar-refractivity contribution in [1.29, 1.82) is 0 Å². The summed E-state index contributed by atoms with van der Waals surface area (Å²) in [5, 5.41) is 25.7. The monoisotopic (exact) mass is 555 g/mol. The van der Waals surface area contributed by atoms with Crippen molar-refractivity contribution >= 4 is 29.1 Å². The topological polar surface area (TPSA) is 117 Å². The number of amides is 1. The van der Waals surface area contributed by atoms with Gasteiger partial charge in [0.2, 0.25) is 5.91 Å². The lowest BCUT2D eigenvalue weighted by molar-refractivity contribution is -0.123. The van der Waals surface area contributed by atoms with Crippen molar-refractivity contribution in [3.05, 3.63) is 63.4 Å². The number of hydrogen-bond donors (Lipinski definition) is 5. The second-order valence-electron chi connectivity index (χ2n) is 10.8. The van der Waals surface area contributed by atoms with E-state index in [0.717, 1.165) is 0 Å². The van der Waals surface area contributed by atoms with Crippen molar-refractivity contribution in [2.75, 3.05) is 20.3 Å². The highest BCUT2D eigenvalue weighted by Gasteiger charge is 2.58. The summed E-state index contributed by atoms with van der Waals surface area (Å²) in [5.41, 5.74) is 6.43. The van der Waals surface area contributed by atoms with Crippen LogP contribution >= 0.6 is 23.2 Å². The van der Waals surface area contributed by atoms with Gasteiger partial charge in [0.05, 0.1) is 31.4 Å². The predicted molar refractivity (Wildman–Crippen MR) is 144 cm³/mol. The normalized spacial score (nSPS) is 24.6. The van der Waals surface area contributed by atoms with Gasteiger partial charge in [-0.25, -0.2) is 4.39 Å². The molecule has 0 spiro atoms. The Morgan fingerprint density at radius 2 is 1.89 bits per heavy atom. The molecule has 0 saturated carbocycles. The quantitative estimate of drug-likeness (QED) is 0.322. The Morgan fingerprint density at radius 1 is 1.24 bits per heavy atom. The first-order valence-electron chi connectivity index (χ1n) is 12.2. The van der Waals surface area contributed by atoms with E-state index in [2.05, 4.69) is 10.6 Å². The van der Waals surface area contributed by atoms with Gasteiger partial charge in [0.1, 0.15) is 11.6 Å². The second kappa shape index (κ2) is 11.8. The van der Waals surface area contributed by atoms with Crippen LogP contribution in [0.5, 0.6) is 5.75 Å². The maximum absolute atomic E-state index is 15.6. The van der Waals surface area contributed by atoms with Crippen LogP contribution in [-0.4, -0.2) is 54.6 Å². The zero-order valence-electron chi connectivity index (χ0n) is 21.5. The molecule has 2 aromatic rings. The van der Waals surface area contributed by atoms with Gasteiger partial charge in [0, 0.05) is 39.7 Å². The molecule has 0 aliphatic carbocycles. The van der Waals surface area contributed by atoms with Crippen molar-refractivity contribution in [2.24, 2.45) is 11.1 Å². The van der Waals surface area contributed by atoms with Gasteiger partial charge in [-0.1, -0.05) is 50.0 Å².